The van der Waals surface area contributed by atoms with Crippen molar-refractivity contribution in [3.05, 3.63) is 22.2 Å². The minimum atomic E-state index is -0.405. The summed E-state index contributed by atoms with van der Waals surface area (Å²) in [6.07, 6.45) is 1.80. The van der Waals surface area contributed by atoms with Gasteiger partial charge in [-0.25, -0.2) is 4.98 Å². The van der Waals surface area contributed by atoms with E-state index in [-0.39, 0.29) is 18.2 Å². The predicted molar refractivity (Wildman–Crippen MR) is 77.1 cm³/mol. The Balaban J connectivity index is 2.25. The van der Waals surface area contributed by atoms with Crippen LogP contribution in [0.3, 0.4) is 0 Å². The standard InChI is InChI=1S/C13H20N4O3/c1-2-6-14-12-4-3-11(17(19)20)13(15-12)16-7-5-10(8-16)9-18/h3-4,10,18H,2,5-9H2,1H3,(H,14,15). The van der Waals surface area contributed by atoms with E-state index in [1.165, 1.54) is 6.07 Å². The van der Waals surface area contributed by atoms with Crippen LogP contribution >= 0.6 is 0 Å². The van der Waals surface area contributed by atoms with Crippen molar-refractivity contribution in [2.75, 3.05) is 36.5 Å². The van der Waals surface area contributed by atoms with Crippen LogP contribution in [0.1, 0.15) is 19.8 Å². The third-order valence-electron chi connectivity index (χ3n) is 3.45. The van der Waals surface area contributed by atoms with Gasteiger partial charge in [-0.2, -0.15) is 0 Å². The van der Waals surface area contributed by atoms with Crippen LogP contribution < -0.4 is 10.2 Å². The minimum Gasteiger partial charge on any atom is -0.396 e. The molecule has 2 N–H and O–H groups in total. The molecule has 1 unspecified atom stereocenters. The first-order valence-electron chi connectivity index (χ1n) is 6.90. The average molecular weight is 280 g/mol. The fraction of sp³-hybridized carbons (Fsp3) is 0.615. The van der Waals surface area contributed by atoms with Crippen molar-refractivity contribution in [3.8, 4) is 0 Å². The summed E-state index contributed by atoms with van der Waals surface area (Å²) in [6, 6.07) is 3.13. The lowest BCUT2D eigenvalue weighted by molar-refractivity contribution is -0.384. The monoisotopic (exact) mass is 280 g/mol. The predicted octanol–water partition coefficient (Wildman–Crippen LogP) is 1.63. The van der Waals surface area contributed by atoms with Crippen LogP contribution in [0, 0.1) is 16.0 Å². The van der Waals surface area contributed by atoms with Gasteiger partial charge in [-0.15, -0.1) is 0 Å². The third-order valence-corrected chi connectivity index (χ3v) is 3.45. The van der Waals surface area contributed by atoms with Crippen LogP contribution in [-0.2, 0) is 0 Å². The summed E-state index contributed by atoms with van der Waals surface area (Å²) in [7, 11) is 0. The number of anilines is 2. The Bertz CT molecular complexity index is 481. The number of nitrogens with zero attached hydrogens (tertiary/aromatic N) is 3. The molecular weight excluding hydrogens is 260 g/mol. The fourth-order valence-electron chi connectivity index (χ4n) is 2.34. The molecule has 0 bridgehead atoms. The van der Waals surface area contributed by atoms with Gasteiger partial charge in [-0.3, -0.25) is 10.1 Å². The summed E-state index contributed by atoms with van der Waals surface area (Å²) < 4.78 is 0. The molecule has 110 valence electrons. The minimum absolute atomic E-state index is 0.0191. The lowest BCUT2D eigenvalue weighted by Gasteiger charge is -2.18. The van der Waals surface area contributed by atoms with Gasteiger partial charge in [0.2, 0.25) is 5.82 Å². The normalized spacial score (nSPS) is 18.3. The summed E-state index contributed by atoms with van der Waals surface area (Å²) in [4.78, 5) is 17.0. The molecule has 0 aromatic carbocycles. The van der Waals surface area contributed by atoms with Gasteiger partial charge >= 0.3 is 5.69 Å². The summed E-state index contributed by atoms with van der Waals surface area (Å²) in [5, 5.41) is 23.5. The van der Waals surface area contributed by atoms with Crippen molar-refractivity contribution >= 4 is 17.3 Å². The van der Waals surface area contributed by atoms with Gasteiger partial charge in [-0.05, 0) is 18.9 Å². The Hall–Kier alpha value is -1.89. The van der Waals surface area contributed by atoms with Crippen LogP contribution in [-0.4, -0.2) is 41.3 Å². The molecule has 1 aromatic rings. The van der Waals surface area contributed by atoms with Gasteiger partial charge in [-0.1, -0.05) is 6.92 Å². The molecular formula is C13H20N4O3. The molecule has 0 aliphatic carbocycles. The van der Waals surface area contributed by atoms with Crippen LogP contribution in [0.15, 0.2) is 12.1 Å². The highest BCUT2D eigenvalue weighted by Gasteiger charge is 2.28. The Labute approximate surface area is 117 Å². The number of hydrogen-bond acceptors (Lipinski definition) is 6. The number of rotatable bonds is 6. The molecule has 1 saturated heterocycles. The number of aliphatic hydroxyl groups is 1. The first-order valence-corrected chi connectivity index (χ1v) is 6.90. The molecule has 7 nitrogen and oxygen atoms in total. The van der Waals surface area contributed by atoms with Crippen LogP contribution in [0.2, 0.25) is 0 Å². The first kappa shape index (κ1) is 14.5. The van der Waals surface area contributed by atoms with Crippen LogP contribution in [0.25, 0.3) is 0 Å². The second-order valence-corrected chi connectivity index (χ2v) is 5.01. The summed E-state index contributed by atoms with van der Waals surface area (Å²) in [6.45, 7) is 4.24. The topological polar surface area (TPSA) is 91.5 Å². The number of nitro groups is 1. The first-order chi connectivity index (χ1) is 9.65. The summed E-state index contributed by atoms with van der Waals surface area (Å²) >= 11 is 0. The maximum absolute atomic E-state index is 11.1. The molecule has 1 aliphatic rings. The molecule has 0 amide bonds. The van der Waals surface area contributed by atoms with E-state index in [1.807, 2.05) is 11.8 Å². The molecule has 20 heavy (non-hydrogen) atoms. The Morgan fingerprint density at radius 1 is 1.60 bits per heavy atom. The molecule has 1 aliphatic heterocycles. The second kappa shape index (κ2) is 6.51. The van der Waals surface area contributed by atoms with Crippen molar-refractivity contribution in [2.45, 2.75) is 19.8 Å². The highest BCUT2D eigenvalue weighted by molar-refractivity contribution is 5.62. The SMILES string of the molecule is CCCNc1ccc([N+](=O)[O-])c(N2CCC(CO)C2)n1. The maximum atomic E-state index is 11.1. The molecule has 1 atom stereocenters. The van der Waals surface area contributed by atoms with Crippen molar-refractivity contribution in [1.82, 2.24) is 4.98 Å². The number of nitrogens with one attached hydrogen (secondary N) is 1. The highest BCUT2D eigenvalue weighted by Crippen LogP contribution is 2.31. The van der Waals surface area contributed by atoms with Crippen LogP contribution in [0.4, 0.5) is 17.3 Å². The van der Waals surface area contributed by atoms with E-state index in [0.717, 1.165) is 19.4 Å². The van der Waals surface area contributed by atoms with E-state index in [4.69, 9.17) is 0 Å². The van der Waals surface area contributed by atoms with Crippen molar-refractivity contribution in [2.24, 2.45) is 5.92 Å². The fourth-order valence-corrected chi connectivity index (χ4v) is 2.34. The van der Waals surface area contributed by atoms with E-state index in [2.05, 4.69) is 10.3 Å². The Morgan fingerprint density at radius 3 is 3.00 bits per heavy atom. The number of aromatic nitrogens is 1. The zero-order chi connectivity index (χ0) is 14.5. The van der Waals surface area contributed by atoms with E-state index < -0.39 is 4.92 Å². The van der Waals surface area contributed by atoms with Gasteiger partial charge in [0.15, 0.2) is 0 Å². The lowest BCUT2D eigenvalue weighted by Crippen LogP contribution is -2.23. The lowest BCUT2D eigenvalue weighted by atomic mass is 10.1. The molecule has 0 radical (unpaired) electrons. The van der Waals surface area contributed by atoms with Crippen molar-refractivity contribution < 1.29 is 10.0 Å². The van der Waals surface area contributed by atoms with Crippen molar-refractivity contribution in [1.29, 1.82) is 0 Å². The van der Waals surface area contributed by atoms with Crippen molar-refractivity contribution in [3.63, 3.8) is 0 Å². The molecule has 2 heterocycles. The van der Waals surface area contributed by atoms with Gasteiger partial charge in [0.1, 0.15) is 5.82 Å². The Kier molecular flexibility index (Phi) is 4.73. The highest BCUT2D eigenvalue weighted by atomic mass is 16.6. The maximum Gasteiger partial charge on any atom is 0.311 e. The van der Waals surface area contributed by atoms with Crippen LogP contribution in [0.5, 0.6) is 0 Å². The van der Waals surface area contributed by atoms with Gasteiger partial charge in [0.25, 0.3) is 0 Å². The average Bonchev–Trinajstić information content (AvgIpc) is 2.93. The molecule has 1 aromatic heterocycles. The quantitative estimate of drug-likeness (QED) is 0.608. The Morgan fingerprint density at radius 2 is 2.40 bits per heavy atom. The van der Waals surface area contributed by atoms with Gasteiger partial charge in [0, 0.05) is 38.2 Å². The zero-order valence-electron chi connectivity index (χ0n) is 11.6. The molecule has 1 fully saturated rings. The summed E-state index contributed by atoms with van der Waals surface area (Å²) in [5.74, 6) is 1.22. The molecule has 7 heteroatoms. The third kappa shape index (κ3) is 3.16. The smallest absolute Gasteiger partial charge is 0.311 e. The summed E-state index contributed by atoms with van der Waals surface area (Å²) in [5.41, 5.74) is 0.0191. The van der Waals surface area contributed by atoms with Gasteiger partial charge in [0.05, 0.1) is 4.92 Å². The van der Waals surface area contributed by atoms with Gasteiger partial charge < -0.3 is 15.3 Å². The zero-order valence-corrected chi connectivity index (χ0v) is 11.6. The molecule has 0 saturated carbocycles. The number of pyridine rings is 1. The molecule has 2 rings (SSSR count). The van der Waals surface area contributed by atoms with E-state index in [1.54, 1.807) is 6.07 Å². The number of aliphatic hydroxyl groups excluding tert-OH is 1. The van der Waals surface area contributed by atoms with E-state index >= 15 is 0 Å². The molecule has 0 spiro atoms. The van der Waals surface area contributed by atoms with E-state index in [9.17, 15) is 15.2 Å². The largest absolute Gasteiger partial charge is 0.396 e. The second-order valence-electron chi connectivity index (χ2n) is 5.01. The van der Waals surface area contributed by atoms with E-state index in [0.29, 0.717) is 24.7 Å². The number of hydrogen-bond donors (Lipinski definition) is 2.